The summed E-state index contributed by atoms with van der Waals surface area (Å²) in [7, 11) is 0. The van der Waals surface area contributed by atoms with Crippen LogP contribution in [-0.2, 0) is 17.8 Å². The van der Waals surface area contributed by atoms with Gasteiger partial charge in [-0.25, -0.2) is 4.39 Å². The first-order chi connectivity index (χ1) is 16.0. The highest BCUT2D eigenvalue weighted by Crippen LogP contribution is 2.32. The van der Waals surface area contributed by atoms with E-state index in [4.69, 9.17) is 9.47 Å². The van der Waals surface area contributed by atoms with Crippen LogP contribution in [0.1, 0.15) is 23.4 Å². The van der Waals surface area contributed by atoms with Gasteiger partial charge in [0.1, 0.15) is 11.6 Å². The molecule has 5 rings (SSSR count). The molecule has 33 heavy (non-hydrogen) atoms. The molecule has 3 heterocycles. The molecule has 1 amide bonds. The number of nitrogens with one attached hydrogen (secondary N) is 2. The predicted molar refractivity (Wildman–Crippen MR) is 119 cm³/mol. The van der Waals surface area contributed by atoms with E-state index in [1.807, 2.05) is 30.3 Å². The Bertz CT molecular complexity index is 1340. The Morgan fingerprint density at radius 3 is 2.85 bits per heavy atom. The van der Waals surface area contributed by atoms with Gasteiger partial charge in [-0.15, -0.1) is 15.3 Å². The third-order valence-corrected chi connectivity index (χ3v) is 5.28. The van der Waals surface area contributed by atoms with Gasteiger partial charge >= 0.3 is 0 Å². The first-order valence-corrected chi connectivity index (χ1v) is 10.4. The van der Waals surface area contributed by atoms with Gasteiger partial charge in [0.25, 0.3) is 0 Å². The number of hydrogen-bond donors (Lipinski definition) is 2. The standard InChI is InChI=1S/C23H21FN6O3/c1-14-10-16(24)3-4-17(14)26-23(31)9-8-22-28-27-21-7-6-20(29-30(21)22)25-12-15-2-5-18-19(11-15)33-13-32-18/h2-7,10-11H,8-9,12-13H2,1H3,(H,25,29)(H,26,31). The number of carbonyl (C=O) groups excluding carboxylic acids is 1. The molecule has 168 valence electrons. The summed E-state index contributed by atoms with van der Waals surface area (Å²) in [5.74, 6) is 2.15. The number of ether oxygens (including phenoxy) is 2. The maximum atomic E-state index is 13.3. The molecule has 2 N–H and O–H groups in total. The van der Waals surface area contributed by atoms with Crippen LogP contribution < -0.4 is 20.1 Å². The predicted octanol–water partition coefficient (Wildman–Crippen LogP) is 3.48. The van der Waals surface area contributed by atoms with Crippen molar-refractivity contribution < 1.29 is 18.7 Å². The van der Waals surface area contributed by atoms with Gasteiger partial charge in [0.05, 0.1) is 0 Å². The zero-order chi connectivity index (χ0) is 22.8. The number of nitrogens with zero attached hydrogens (tertiary/aromatic N) is 4. The number of amides is 1. The summed E-state index contributed by atoms with van der Waals surface area (Å²) in [6.07, 6.45) is 0.542. The average Bonchev–Trinajstić information content (AvgIpc) is 3.44. The van der Waals surface area contributed by atoms with Crippen molar-refractivity contribution in [1.29, 1.82) is 0 Å². The van der Waals surface area contributed by atoms with E-state index in [0.717, 1.165) is 17.1 Å². The minimum Gasteiger partial charge on any atom is -0.454 e. The van der Waals surface area contributed by atoms with Crippen LogP contribution in [-0.4, -0.2) is 32.5 Å². The van der Waals surface area contributed by atoms with Crippen LogP contribution in [0.5, 0.6) is 11.5 Å². The molecule has 0 atom stereocenters. The summed E-state index contributed by atoms with van der Waals surface area (Å²) < 4.78 is 25.6. The topological polar surface area (TPSA) is 103 Å². The molecular formula is C23H21FN6O3. The van der Waals surface area contributed by atoms with E-state index < -0.39 is 0 Å². The van der Waals surface area contributed by atoms with E-state index in [1.165, 1.54) is 12.1 Å². The van der Waals surface area contributed by atoms with Crippen molar-refractivity contribution >= 4 is 23.1 Å². The first-order valence-electron chi connectivity index (χ1n) is 10.4. The lowest BCUT2D eigenvalue weighted by atomic mass is 10.2. The van der Waals surface area contributed by atoms with Crippen molar-refractivity contribution in [2.24, 2.45) is 0 Å². The molecule has 2 aromatic carbocycles. The third-order valence-electron chi connectivity index (χ3n) is 5.28. The number of hydrogen-bond acceptors (Lipinski definition) is 7. The smallest absolute Gasteiger partial charge is 0.231 e. The molecule has 0 saturated carbocycles. The van der Waals surface area contributed by atoms with E-state index in [-0.39, 0.29) is 24.9 Å². The fraction of sp³-hybridized carbons (Fsp3) is 0.217. The largest absolute Gasteiger partial charge is 0.454 e. The van der Waals surface area contributed by atoms with Crippen LogP contribution in [0, 0.1) is 12.7 Å². The number of rotatable bonds is 7. The van der Waals surface area contributed by atoms with Gasteiger partial charge in [-0.2, -0.15) is 4.52 Å². The molecule has 0 bridgehead atoms. The van der Waals surface area contributed by atoms with Crippen LogP contribution in [0.2, 0.25) is 0 Å². The molecule has 0 saturated heterocycles. The molecule has 9 nitrogen and oxygen atoms in total. The molecular weight excluding hydrogens is 427 g/mol. The second-order valence-electron chi connectivity index (χ2n) is 7.65. The van der Waals surface area contributed by atoms with Crippen molar-refractivity contribution in [2.45, 2.75) is 26.3 Å². The second-order valence-corrected chi connectivity index (χ2v) is 7.65. The van der Waals surface area contributed by atoms with Crippen molar-refractivity contribution in [3.63, 3.8) is 0 Å². The molecule has 0 radical (unpaired) electrons. The number of benzene rings is 2. The van der Waals surface area contributed by atoms with Crippen LogP contribution >= 0.6 is 0 Å². The number of anilines is 2. The molecule has 2 aromatic heterocycles. The van der Waals surface area contributed by atoms with Gasteiger partial charge in [0.15, 0.2) is 23.0 Å². The van der Waals surface area contributed by atoms with E-state index in [9.17, 15) is 9.18 Å². The quantitative estimate of drug-likeness (QED) is 0.446. The summed E-state index contributed by atoms with van der Waals surface area (Å²) in [5.41, 5.74) is 2.86. The maximum absolute atomic E-state index is 13.3. The Morgan fingerprint density at radius 1 is 1.09 bits per heavy atom. The highest BCUT2D eigenvalue weighted by atomic mass is 19.1. The number of aryl methyl sites for hydroxylation is 2. The fourth-order valence-electron chi connectivity index (χ4n) is 3.53. The summed E-state index contributed by atoms with van der Waals surface area (Å²) in [6, 6.07) is 13.7. The molecule has 0 fully saturated rings. The van der Waals surface area contributed by atoms with Gasteiger partial charge in [0.2, 0.25) is 12.7 Å². The van der Waals surface area contributed by atoms with Crippen molar-refractivity contribution in [3.8, 4) is 11.5 Å². The van der Waals surface area contributed by atoms with Crippen LogP contribution in [0.3, 0.4) is 0 Å². The number of halogens is 1. The zero-order valence-corrected chi connectivity index (χ0v) is 17.8. The van der Waals surface area contributed by atoms with Crippen LogP contribution in [0.25, 0.3) is 5.65 Å². The molecule has 0 spiro atoms. The zero-order valence-electron chi connectivity index (χ0n) is 17.8. The Labute approximate surface area is 188 Å². The highest BCUT2D eigenvalue weighted by Gasteiger charge is 2.14. The lowest BCUT2D eigenvalue weighted by Crippen LogP contribution is -2.14. The van der Waals surface area contributed by atoms with Crippen LogP contribution in [0.4, 0.5) is 15.9 Å². The summed E-state index contributed by atoms with van der Waals surface area (Å²) in [4.78, 5) is 12.4. The lowest BCUT2D eigenvalue weighted by molar-refractivity contribution is -0.116. The van der Waals surface area contributed by atoms with Gasteiger partial charge in [-0.05, 0) is 60.5 Å². The van der Waals surface area contributed by atoms with Gasteiger partial charge in [-0.3, -0.25) is 4.79 Å². The summed E-state index contributed by atoms with van der Waals surface area (Å²) in [6.45, 7) is 2.53. The van der Waals surface area contributed by atoms with Crippen molar-refractivity contribution in [2.75, 3.05) is 17.4 Å². The van der Waals surface area contributed by atoms with Gasteiger partial charge < -0.3 is 20.1 Å². The molecule has 1 aliphatic rings. The third kappa shape index (κ3) is 4.54. The monoisotopic (exact) mass is 448 g/mol. The molecule has 0 aliphatic carbocycles. The SMILES string of the molecule is Cc1cc(F)ccc1NC(=O)CCc1nnc2ccc(NCc3ccc4c(c3)OCO4)nn12. The highest BCUT2D eigenvalue weighted by molar-refractivity contribution is 5.91. The average molecular weight is 448 g/mol. The van der Waals surface area contributed by atoms with E-state index in [1.54, 1.807) is 17.5 Å². The number of fused-ring (bicyclic) bond motifs is 2. The summed E-state index contributed by atoms with van der Waals surface area (Å²) in [5, 5.41) is 18.9. The van der Waals surface area contributed by atoms with E-state index >= 15 is 0 Å². The van der Waals surface area contributed by atoms with Gasteiger partial charge in [-0.1, -0.05) is 6.07 Å². The Morgan fingerprint density at radius 2 is 1.97 bits per heavy atom. The second kappa shape index (κ2) is 8.73. The number of aromatic nitrogens is 4. The van der Waals surface area contributed by atoms with Crippen molar-refractivity contribution in [3.05, 3.63) is 71.3 Å². The Kier molecular flexibility index (Phi) is 5.47. The fourth-order valence-corrected chi connectivity index (χ4v) is 3.53. The van der Waals surface area contributed by atoms with E-state index in [0.29, 0.717) is 41.5 Å². The van der Waals surface area contributed by atoms with Gasteiger partial charge in [0, 0.05) is 25.1 Å². The van der Waals surface area contributed by atoms with Crippen LogP contribution in [0.15, 0.2) is 48.5 Å². The molecule has 1 aliphatic heterocycles. The normalized spacial score (nSPS) is 12.2. The Balaban J connectivity index is 1.23. The Hall–Kier alpha value is -4.21. The maximum Gasteiger partial charge on any atom is 0.231 e. The molecule has 0 unspecified atom stereocenters. The van der Waals surface area contributed by atoms with Crippen molar-refractivity contribution in [1.82, 2.24) is 19.8 Å². The molecule has 4 aromatic rings. The number of carbonyl (C=O) groups is 1. The molecule has 10 heteroatoms. The minimum absolute atomic E-state index is 0.189. The first kappa shape index (κ1) is 20.7. The lowest BCUT2D eigenvalue weighted by Gasteiger charge is -2.09. The summed E-state index contributed by atoms with van der Waals surface area (Å²) >= 11 is 0. The minimum atomic E-state index is -0.338. The van der Waals surface area contributed by atoms with E-state index in [2.05, 4.69) is 25.9 Å².